The number of carbonyl (C=O) groups excluding carboxylic acids is 1. The van der Waals surface area contributed by atoms with Gasteiger partial charge in [-0.25, -0.2) is 9.97 Å². The molecule has 1 amide bonds. The van der Waals surface area contributed by atoms with Gasteiger partial charge in [0.15, 0.2) is 0 Å². The largest absolute Gasteiger partial charge is 0.352 e. The topological polar surface area (TPSA) is 80.9 Å². The third-order valence-electron chi connectivity index (χ3n) is 1.48. The summed E-state index contributed by atoms with van der Waals surface area (Å²) in [5.74, 6) is 0.537. The summed E-state index contributed by atoms with van der Waals surface area (Å²) in [7, 11) is 0. The molecule has 0 aliphatic rings. The number of carbonyl (C=O) groups is 1. The third kappa shape index (κ3) is 3.16. The van der Waals surface area contributed by atoms with Crippen molar-refractivity contribution in [2.75, 3.05) is 0 Å². The van der Waals surface area contributed by atoms with Crippen molar-refractivity contribution in [3.05, 3.63) is 23.8 Å². The fraction of sp³-hybridized carbons (Fsp3) is 0.375. The molecule has 0 radical (unpaired) electrons. The molecule has 1 aromatic heterocycles. The van der Waals surface area contributed by atoms with Gasteiger partial charge in [-0.3, -0.25) is 4.79 Å². The molecule has 0 saturated heterocycles. The number of hydrogen-bond acceptors (Lipinski definition) is 4. The smallest absolute Gasteiger partial charge is 0.217 e. The molecular weight excluding hydrogens is 168 g/mol. The Morgan fingerprint density at radius 3 is 2.62 bits per heavy atom. The van der Waals surface area contributed by atoms with Crippen molar-refractivity contribution in [2.24, 2.45) is 5.73 Å². The maximum atomic E-state index is 10.6. The molecule has 5 nitrogen and oxygen atoms in total. The first-order chi connectivity index (χ1) is 6.22. The van der Waals surface area contributed by atoms with Crippen molar-refractivity contribution in [3.8, 4) is 0 Å². The molecule has 0 unspecified atom stereocenters. The van der Waals surface area contributed by atoms with Crippen LogP contribution in [0.5, 0.6) is 0 Å². The van der Waals surface area contributed by atoms with E-state index in [1.54, 1.807) is 12.4 Å². The van der Waals surface area contributed by atoms with Crippen molar-refractivity contribution in [1.82, 2.24) is 15.3 Å². The number of rotatable bonds is 3. The van der Waals surface area contributed by atoms with Gasteiger partial charge in [0.1, 0.15) is 5.82 Å². The molecular formula is C8H12N4O. The first-order valence-corrected chi connectivity index (χ1v) is 3.96. The van der Waals surface area contributed by atoms with E-state index in [1.165, 1.54) is 6.92 Å². The van der Waals surface area contributed by atoms with Gasteiger partial charge in [0.05, 0.1) is 6.54 Å². The minimum atomic E-state index is -0.0668. The van der Waals surface area contributed by atoms with Gasteiger partial charge in [0, 0.05) is 31.4 Å². The average molecular weight is 180 g/mol. The van der Waals surface area contributed by atoms with Crippen LogP contribution >= 0.6 is 0 Å². The van der Waals surface area contributed by atoms with Crippen LogP contribution < -0.4 is 11.1 Å². The van der Waals surface area contributed by atoms with E-state index in [1.807, 2.05) is 0 Å². The average Bonchev–Trinajstić information content (AvgIpc) is 2.15. The molecule has 0 fully saturated rings. The lowest BCUT2D eigenvalue weighted by atomic mass is 10.3. The number of hydrogen-bond donors (Lipinski definition) is 2. The van der Waals surface area contributed by atoms with Crippen LogP contribution in [0.4, 0.5) is 0 Å². The summed E-state index contributed by atoms with van der Waals surface area (Å²) < 4.78 is 0. The summed E-state index contributed by atoms with van der Waals surface area (Å²) in [6, 6.07) is 0. The number of nitrogens with zero attached hydrogens (tertiary/aromatic N) is 2. The van der Waals surface area contributed by atoms with Crippen molar-refractivity contribution in [3.63, 3.8) is 0 Å². The fourth-order valence-corrected chi connectivity index (χ4v) is 0.805. The van der Waals surface area contributed by atoms with Crippen LogP contribution in [0.1, 0.15) is 18.3 Å². The Hall–Kier alpha value is -1.49. The van der Waals surface area contributed by atoms with E-state index >= 15 is 0 Å². The molecule has 13 heavy (non-hydrogen) atoms. The zero-order valence-electron chi connectivity index (χ0n) is 7.45. The normalized spacial score (nSPS) is 9.69. The van der Waals surface area contributed by atoms with E-state index in [0.717, 1.165) is 5.56 Å². The predicted octanol–water partition coefficient (Wildman–Crippen LogP) is -0.429. The molecule has 1 rings (SSSR count). The van der Waals surface area contributed by atoms with Gasteiger partial charge >= 0.3 is 0 Å². The molecule has 0 aromatic carbocycles. The van der Waals surface area contributed by atoms with Crippen LogP contribution in [0.15, 0.2) is 12.4 Å². The quantitative estimate of drug-likeness (QED) is 0.661. The van der Waals surface area contributed by atoms with Crippen molar-refractivity contribution in [1.29, 1.82) is 0 Å². The number of aromatic nitrogens is 2. The minimum absolute atomic E-state index is 0.0668. The van der Waals surface area contributed by atoms with Gasteiger partial charge in [0.25, 0.3) is 0 Å². The van der Waals surface area contributed by atoms with Gasteiger partial charge in [-0.1, -0.05) is 0 Å². The lowest BCUT2D eigenvalue weighted by Crippen LogP contribution is -2.19. The Morgan fingerprint density at radius 1 is 1.54 bits per heavy atom. The second-order valence-electron chi connectivity index (χ2n) is 2.62. The second kappa shape index (κ2) is 4.51. The highest BCUT2D eigenvalue weighted by Crippen LogP contribution is 1.94. The first kappa shape index (κ1) is 9.60. The van der Waals surface area contributed by atoms with Crippen LogP contribution in [-0.2, 0) is 17.9 Å². The Labute approximate surface area is 76.4 Å². The number of nitrogens with two attached hydrogens (primary N) is 1. The summed E-state index contributed by atoms with van der Waals surface area (Å²) in [6.07, 6.45) is 3.32. The highest BCUT2D eigenvalue weighted by molar-refractivity contribution is 5.72. The summed E-state index contributed by atoms with van der Waals surface area (Å²) in [4.78, 5) is 18.5. The van der Waals surface area contributed by atoms with Crippen LogP contribution in [0.2, 0.25) is 0 Å². The van der Waals surface area contributed by atoms with Crippen LogP contribution in [0, 0.1) is 0 Å². The standard InChI is InChI=1S/C8H12N4O/c1-6(13)10-3-7-4-11-8(2-9)12-5-7/h4-5H,2-3,9H2,1H3,(H,10,13). The summed E-state index contributed by atoms with van der Waals surface area (Å²) in [5, 5.41) is 2.65. The third-order valence-corrected chi connectivity index (χ3v) is 1.48. The Morgan fingerprint density at radius 2 is 2.15 bits per heavy atom. The van der Waals surface area contributed by atoms with Crippen LogP contribution in [0.25, 0.3) is 0 Å². The van der Waals surface area contributed by atoms with Gasteiger partial charge in [-0.15, -0.1) is 0 Å². The van der Waals surface area contributed by atoms with Gasteiger partial charge in [0.2, 0.25) is 5.91 Å². The molecule has 5 heteroatoms. The lowest BCUT2D eigenvalue weighted by molar-refractivity contribution is -0.119. The second-order valence-corrected chi connectivity index (χ2v) is 2.62. The van der Waals surface area contributed by atoms with Gasteiger partial charge < -0.3 is 11.1 Å². The summed E-state index contributed by atoms with van der Waals surface area (Å²) in [6.45, 7) is 2.26. The molecule has 70 valence electrons. The summed E-state index contributed by atoms with van der Waals surface area (Å²) >= 11 is 0. The molecule has 0 spiro atoms. The maximum absolute atomic E-state index is 10.6. The van der Waals surface area contributed by atoms with E-state index in [4.69, 9.17) is 5.73 Å². The predicted molar refractivity (Wildman–Crippen MR) is 47.4 cm³/mol. The van der Waals surface area contributed by atoms with E-state index < -0.39 is 0 Å². The van der Waals surface area contributed by atoms with Gasteiger partial charge in [-0.2, -0.15) is 0 Å². The number of nitrogens with one attached hydrogen (secondary N) is 1. The van der Waals surface area contributed by atoms with Crippen molar-refractivity contribution in [2.45, 2.75) is 20.0 Å². The van der Waals surface area contributed by atoms with Gasteiger partial charge in [-0.05, 0) is 0 Å². The molecule has 1 heterocycles. The van der Waals surface area contributed by atoms with E-state index in [9.17, 15) is 4.79 Å². The van der Waals surface area contributed by atoms with E-state index in [-0.39, 0.29) is 5.91 Å². The maximum Gasteiger partial charge on any atom is 0.217 e. The minimum Gasteiger partial charge on any atom is -0.352 e. The fourth-order valence-electron chi connectivity index (χ4n) is 0.805. The molecule has 0 bridgehead atoms. The molecule has 0 aliphatic carbocycles. The molecule has 3 N–H and O–H groups in total. The Bertz CT molecular complexity index is 283. The molecule has 0 aliphatic heterocycles. The first-order valence-electron chi connectivity index (χ1n) is 3.96. The van der Waals surface area contributed by atoms with Crippen molar-refractivity contribution >= 4 is 5.91 Å². The zero-order valence-corrected chi connectivity index (χ0v) is 7.45. The van der Waals surface area contributed by atoms with E-state index in [0.29, 0.717) is 18.9 Å². The highest BCUT2D eigenvalue weighted by Gasteiger charge is 1.96. The lowest BCUT2D eigenvalue weighted by Gasteiger charge is -2.01. The van der Waals surface area contributed by atoms with Crippen LogP contribution in [-0.4, -0.2) is 15.9 Å². The highest BCUT2D eigenvalue weighted by atomic mass is 16.1. The summed E-state index contributed by atoms with van der Waals surface area (Å²) in [5.41, 5.74) is 6.20. The zero-order chi connectivity index (χ0) is 9.68. The van der Waals surface area contributed by atoms with Crippen molar-refractivity contribution < 1.29 is 4.79 Å². The molecule has 1 aromatic rings. The number of amides is 1. The van der Waals surface area contributed by atoms with E-state index in [2.05, 4.69) is 15.3 Å². The Kier molecular flexibility index (Phi) is 3.33. The van der Waals surface area contributed by atoms with Crippen LogP contribution in [0.3, 0.4) is 0 Å². The molecule has 0 atom stereocenters. The Balaban J connectivity index is 2.54. The molecule has 0 saturated carbocycles. The SMILES string of the molecule is CC(=O)NCc1cnc(CN)nc1. The monoisotopic (exact) mass is 180 g/mol.